The van der Waals surface area contributed by atoms with Gasteiger partial charge in [0.05, 0.1) is 5.71 Å². The van der Waals surface area contributed by atoms with Gasteiger partial charge in [0.2, 0.25) is 0 Å². The number of nitrogens with one attached hydrogen (secondary N) is 2. The fourth-order valence-electron chi connectivity index (χ4n) is 2.61. The molecule has 0 saturated carbocycles. The van der Waals surface area contributed by atoms with E-state index in [0.717, 1.165) is 22.5 Å². The molecule has 0 radical (unpaired) electrons. The second-order valence-corrected chi connectivity index (χ2v) is 7.50. The first-order valence-electron chi connectivity index (χ1n) is 8.91. The molecule has 0 atom stereocenters. The molecule has 0 fully saturated rings. The van der Waals surface area contributed by atoms with E-state index in [1.807, 2.05) is 37.3 Å². The maximum Gasteiger partial charge on any atom is 0.291 e. The summed E-state index contributed by atoms with van der Waals surface area (Å²) in [6, 6.07) is 20.0. The van der Waals surface area contributed by atoms with E-state index in [-0.39, 0.29) is 11.3 Å². The van der Waals surface area contributed by atoms with Gasteiger partial charge in [-0.3, -0.25) is 9.89 Å². The van der Waals surface area contributed by atoms with Gasteiger partial charge in [0, 0.05) is 11.1 Å². The third-order valence-electron chi connectivity index (χ3n) is 4.35. The Bertz CT molecular complexity index is 948. The highest BCUT2D eigenvalue weighted by Crippen LogP contribution is 2.21. The fraction of sp³-hybridized carbons (Fsp3) is 0.227. The Morgan fingerprint density at radius 2 is 1.63 bits per heavy atom. The molecule has 0 spiro atoms. The van der Waals surface area contributed by atoms with E-state index in [1.165, 1.54) is 5.56 Å². The van der Waals surface area contributed by atoms with Gasteiger partial charge < -0.3 is 0 Å². The minimum atomic E-state index is -0.331. The molecule has 138 valence electrons. The highest BCUT2D eigenvalue weighted by Gasteiger charge is 2.19. The molecule has 5 nitrogen and oxygen atoms in total. The number of hydrogen-bond acceptors (Lipinski definition) is 3. The maximum absolute atomic E-state index is 12.3. The first-order valence-corrected chi connectivity index (χ1v) is 8.91. The van der Waals surface area contributed by atoms with E-state index in [1.54, 1.807) is 6.07 Å². The van der Waals surface area contributed by atoms with Crippen LogP contribution in [0.5, 0.6) is 0 Å². The number of benzene rings is 2. The molecule has 0 aliphatic heterocycles. The third kappa shape index (κ3) is 4.50. The summed E-state index contributed by atoms with van der Waals surface area (Å²) in [5.41, 5.74) is 7.71. The largest absolute Gasteiger partial charge is 0.291 e. The lowest BCUT2D eigenvalue weighted by atomic mass is 9.92. The van der Waals surface area contributed by atoms with E-state index in [4.69, 9.17) is 0 Å². The Balaban J connectivity index is 1.68. The Hall–Kier alpha value is -3.21. The van der Waals surface area contributed by atoms with Gasteiger partial charge in [-0.1, -0.05) is 75.4 Å². The fourth-order valence-corrected chi connectivity index (χ4v) is 2.61. The van der Waals surface area contributed by atoms with E-state index in [9.17, 15) is 4.79 Å². The normalized spacial score (nSPS) is 12.1. The summed E-state index contributed by atoms with van der Waals surface area (Å²) < 4.78 is 0. The van der Waals surface area contributed by atoms with Crippen molar-refractivity contribution in [3.05, 3.63) is 77.6 Å². The Labute approximate surface area is 159 Å². The third-order valence-corrected chi connectivity index (χ3v) is 4.35. The summed E-state index contributed by atoms with van der Waals surface area (Å²) in [7, 11) is 0. The number of rotatable bonds is 4. The Morgan fingerprint density at radius 1 is 1.00 bits per heavy atom. The quantitative estimate of drug-likeness (QED) is 0.530. The number of nitrogens with zero attached hydrogens (tertiary/aromatic N) is 2. The van der Waals surface area contributed by atoms with Gasteiger partial charge in [0.25, 0.3) is 5.91 Å². The summed E-state index contributed by atoms with van der Waals surface area (Å²) in [6.45, 7) is 8.04. The van der Waals surface area contributed by atoms with Crippen LogP contribution in [-0.4, -0.2) is 21.8 Å². The predicted molar refractivity (Wildman–Crippen MR) is 109 cm³/mol. The van der Waals surface area contributed by atoms with Crippen molar-refractivity contribution in [2.45, 2.75) is 33.1 Å². The molecule has 0 bridgehead atoms. The van der Waals surface area contributed by atoms with Crippen molar-refractivity contribution in [1.82, 2.24) is 15.6 Å². The van der Waals surface area contributed by atoms with Crippen LogP contribution in [0.2, 0.25) is 0 Å². The summed E-state index contributed by atoms with van der Waals surface area (Å²) in [4.78, 5) is 12.3. The number of carbonyl (C=O) groups is 1. The lowest BCUT2D eigenvalue weighted by Gasteiger charge is -2.14. The van der Waals surface area contributed by atoms with Crippen molar-refractivity contribution in [2.24, 2.45) is 5.10 Å². The van der Waals surface area contributed by atoms with Gasteiger partial charge in [-0.15, -0.1) is 0 Å². The summed E-state index contributed by atoms with van der Waals surface area (Å²) in [5, 5.41) is 11.2. The number of amides is 1. The van der Waals surface area contributed by atoms with E-state index in [2.05, 4.69) is 65.8 Å². The molecule has 1 amide bonds. The van der Waals surface area contributed by atoms with Crippen LogP contribution >= 0.6 is 0 Å². The van der Waals surface area contributed by atoms with Crippen molar-refractivity contribution in [2.75, 3.05) is 0 Å². The van der Waals surface area contributed by atoms with E-state index in [0.29, 0.717) is 5.69 Å². The number of aromatic nitrogens is 2. The van der Waals surface area contributed by atoms with Crippen molar-refractivity contribution in [3.8, 4) is 11.1 Å². The zero-order chi connectivity index (χ0) is 19.4. The minimum absolute atomic E-state index is 0.0920. The highest BCUT2D eigenvalue weighted by molar-refractivity contribution is 6.00. The molecule has 1 aromatic heterocycles. The van der Waals surface area contributed by atoms with Gasteiger partial charge in [0.1, 0.15) is 0 Å². The lowest BCUT2D eigenvalue weighted by molar-refractivity contribution is 0.0950. The van der Waals surface area contributed by atoms with Crippen LogP contribution in [0.25, 0.3) is 11.1 Å². The topological polar surface area (TPSA) is 70.1 Å². The average Bonchev–Trinajstić information content (AvgIpc) is 3.17. The SMILES string of the molecule is CC(=NNC(=O)c1cc(C(C)(C)C)[nH]n1)c1ccc(-c2ccccc2)cc1. The zero-order valence-electron chi connectivity index (χ0n) is 16.1. The number of carbonyl (C=O) groups excluding carboxylic acids is 1. The molecule has 27 heavy (non-hydrogen) atoms. The van der Waals surface area contributed by atoms with E-state index < -0.39 is 0 Å². The number of hydrazone groups is 1. The summed E-state index contributed by atoms with van der Waals surface area (Å²) in [6.07, 6.45) is 0. The molecule has 0 saturated heterocycles. The molecule has 2 N–H and O–H groups in total. The molecule has 0 aliphatic rings. The van der Waals surface area contributed by atoms with Crippen molar-refractivity contribution < 1.29 is 4.79 Å². The molecular weight excluding hydrogens is 336 g/mol. The standard InChI is InChI=1S/C22H24N4O/c1-15(16-10-12-18(13-11-16)17-8-6-5-7-9-17)23-26-21(27)19-14-20(25-24-19)22(2,3)4/h5-14H,1-4H3,(H,24,25)(H,26,27). The molecule has 0 unspecified atom stereocenters. The van der Waals surface area contributed by atoms with Crippen LogP contribution in [0.15, 0.2) is 65.8 Å². The first kappa shape index (κ1) is 18.6. The Morgan fingerprint density at radius 3 is 2.22 bits per heavy atom. The second-order valence-electron chi connectivity index (χ2n) is 7.50. The highest BCUT2D eigenvalue weighted by atomic mass is 16.2. The molecule has 5 heteroatoms. The molecule has 2 aromatic carbocycles. The Kier molecular flexibility index (Phi) is 5.21. The molecular formula is C22H24N4O. The van der Waals surface area contributed by atoms with Gasteiger partial charge in [0.15, 0.2) is 5.69 Å². The van der Waals surface area contributed by atoms with Crippen molar-refractivity contribution in [1.29, 1.82) is 0 Å². The predicted octanol–water partition coefficient (Wildman–Crippen LogP) is 4.53. The smallest absolute Gasteiger partial charge is 0.281 e. The maximum atomic E-state index is 12.3. The van der Waals surface area contributed by atoms with Crippen LogP contribution in [0.1, 0.15) is 49.4 Å². The van der Waals surface area contributed by atoms with Gasteiger partial charge in [-0.2, -0.15) is 10.2 Å². The van der Waals surface area contributed by atoms with Crippen LogP contribution in [-0.2, 0) is 5.41 Å². The van der Waals surface area contributed by atoms with Crippen molar-refractivity contribution in [3.63, 3.8) is 0 Å². The van der Waals surface area contributed by atoms with Crippen LogP contribution < -0.4 is 5.43 Å². The van der Waals surface area contributed by atoms with Crippen LogP contribution in [0.3, 0.4) is 0 Å². The molecule has 0 aliphatic carbocycles. The van der Waals surface area contributed by atoms with Crippen LogP contribution in [0, 0.1) is 0 Å². The monoisotopic (exact) mass is 360 g/mol. The molecule has 3 aromatic rings. The first-order chi connectivity index (χ1) is 12.8. The molecule has 3 rings (SSSR count). The van der Waals surface area contributed by atoms with Crippen molar-refractivity contribution >= 4 is 11.6 Å². The molecule has 1 heterocycles. The minimum Gasteiger partial charge on any atom is -0.281 e. The van der Waals surface area contributed by atoms with Gasteiger partial charge >= 0.3 is 0 Å². The van der Waals surface area contributed by atoms with Gasteiger partial charge in [-0.25, -0.2) is 5.43 Å². The second kappa shape index (κ2) is 7.58. The average molecular weight is 360 g/mol. The van der Waals surface area contributed by atoms with Gasteiger partial charge in [-0.05, 0) is 29.7 Å². The lowest BCUT2D eigenvalue weighted by Crippen LogP contribution is -2.19. The zero-order valence-corrected chi connectivity index (χ0v) is 16.1. The number of aromatic amines is 1. The van der Waals surface area contributed by atoms with Crippen LogP contribution in [0.4, 0.5) is 0 Å². The number of hydrogen-bond donors (Lipinski definition) is 2. The number of H-pyrrole nitrogens is 1. The summed E-state index contributed by atoms with van der Waals surface area (Å²) in [5.74, 6) is -0.331. The van der Waals surface area contributed by atoms with E-state index >= 15 is 0 Å². The summed E-state index contributed by atoms with van der Waals surface area (Å²) >= 11 is 0.